The Hall–Kier alpha value is -2.33. The van der Waals surface area contributed by atoms with Gasteiger partial charge in [0.15, 0.2) is 0 Å². The second-order valence-corrected chi connectivity index (χ2v) is 4.79. The largest absolute Gasteiger partial charge is 0.399 e. The Balaban J connectivity index is 1.95. The van der Waals surface area contributed by atoms with Crippen LogP contribution >= 0.6 is 11.6 Å². The van der Waals surface area contributed by atoms with Crippen molar-refractivity contribution in [1.82, 2.24) is 5.32 Å². The molecule has 2 aromatic rings. The summed E-state index contributed by atoms with van der Waals surface area (Å²) < 4.78 is 0. The average molecular weight is 303 g/mol. The van der Waals surface area contributed by atoms with Crippen molar-refractivity contribution in [3.8, 4) is 0 Å². The number of carbonyl (C=O) groups excluding carboxylic acids is 1. The third-order valence-electron chi connectivity index (χ3n) is 2.82. The lowest BCUT2D eigenvalue weighted by atomic mass is 10.1. The topological polar surface area (TPSA) is 50.7 Å². The van der Waals surface area contributed by atoms with Gasteiger partial charge < -0.3 is 10.2 Å². The Labute approximate surface area is 128 Å². The van der Waals surface area contributed by atoms with Crippen molar-refractivity contribution in [2.75, 3.05) is 7.11 Å². The van der Waals surface area contributed by atoms with E-state index in [2.05, 4.69) is 15.3 Å². The summed E-state index contributed by atoms with van der Waals surface area (Å²) in [6.07, 6.45) is 1.58. The van der Waals surface area contributed by atoms with E-state index in [9.17, 15) is 4.79 Å². The number of amides is 1. The van der Waals surface area contributed by atoms with E-state index in [1.165, 1.54) is 7.11 Å². The van der Waals surface area contributed by atoms with E-state index in [1.807, 2.05) is 18.2 Å². The fourth-order valence-electron chi connectivity index (χ4n) is 1.77. The number of hydrogen-bond donors (Lipinski definition) is 1. The second kappa shape index (κ2) is 7.45. The molecule has 0 aromatic heterocycles. The Bertz CT molecular complexity index is 639. The maximum absolute atomic E-state index is 12.0. The minimum absolute atomic E-state index is 0.134. The summed E-state index contributed by atoms with van der Waals surface area (Å²) in [5, 5.41) is 7.17. The van der Waals surface area contributed by atoms with Gasteiger partial charge in [-0.1, -0.05) is 41.0 Å². The van der Waals surface area contributed by atoms with E-state index in [4.69, 9.17) is 11.6 Å². The molecule has 2 rings (SSSR count). The Morgan fingerprint density at radius 1 is 1.29 bits per heavy atom. The van der Waals surface area contributed by atoms with Crippen molar-refractivity contribution in [2.45, 2.75) is 6.54 Å². The maximum atomic E-state index is 12.0. The summed E-state index contributed by atoms with van der Waals surface area (Å²) >= 11 is 5.90. The molecule has 0 aliphatic carbocycles. The highest BCUT2D eigenvalue weighted by molar-refractivity contribution is 6.30. The summed E-state index contributed by atoms with van der Waals surface area (Å²) in [4.78, 5) is 16.6. The van der Waals surface area contributed by atoms with Crippen LogP contribution < -0.4 is 5.32 Å². The third kappa shape index (κ3) is 4.61. The molecule has 0 aliphatic rings. The van der Waals surface area contributed by atoms with Gasteiger partial charge in [-0.3, -0.25) is 4.79 Å². The van der Waals surface area contributed by atoms with Crippen molar-refractivity contribution < 1.29 is 9.63 Å². The monoisotopic (exact) mass is 302 g/mol. The number of benzene rings is 2. The number of carbonyl (C=O) groups is 1. The summed E-state index contributed by atoms with van der Waals surface area (Å²) in [6, 6.07) is 14.5. The van der Waals surface area contributed by atoms with E-state index in [1.54, 1.807) is 36.5 Å². The third-order valence-corrected chi connectivity index (χ3v) is 3.06. The normalized spacial score (nSPS) is 10.6. The van der Waals surface area contributed by atoms with Gasteiger partial charge in [-0.15, -0.1) is 0 Å². The van der Waals surface area contributed by atoms with Gasteiger partial charge in [0.05, 0.1) is 6.21 Å². The van der Waals surface area contributed by atoms with Crippen molar-refractivity contribution in [3.63, 3.8) is 0 Å². The van der Waals surface area contributed by atoms with Gasteiger partial charge in [-0.05, 0) is 35.4 Å². The molecule has 1 N–H and O–H groups in total. The Morgan fingerprint density at radius 2 is 2.05 bits per heavy atom. The molecule has 0 unspecified atom stereocenters. The van der Waals surface area contributed by atoms with Crippen molar-refractivity contribution in [3.05, 3.63) is 70.2 Å². The molecule has 0 bridgehead atoms. The Morgan fingerprint density at radius 3 is 2.71 bits per heavy atom. The van der Waals surface area contributed by atoms with Crippen LogP contribution in [0, 0.1) is 0 Å². The van der Waals surface area contributed by atoms with Crippen LogP contribution in [-0.4, -0.2) is 19.2 Å². The summed E-state index contributed by atoms with van der Waals surface area (Å²) in [5.74, 6) is -0.134. The Kier molecular flexibility index (Phi) is 5.35. The minimum atomic E-state index is -0.134. The molecule has 2 aromatic carbocycles. The van der Waals surface area contributed by atoms with Crippen molar-refractivity contribution in [1.29, 1.82) is 0 Å². The van der Waals surface area contributed by atoms with Gasteiger partial charge in [-0.25, -0.2) is 0 Å². The maximum Gasteiger partial charge on any atom is 0.251 e. The number of nitrogens with one attached hydrogen (secondary N) is 1. The molecule has 21 heavy (non-hydrogen) atoms. The van der Waals surface area contributed by atoms with Gasteiger partial charge in [0.25, 0.3) is 5.91 Å². The lowest BCUT2D eigenvalue weighted by molar-refractivity contribution is 0.0951. The minimum Gasteiger partial charge on any atom is -0.399 e. The molecule has 0 aliphatic heterocycles. The summed E-state index contributed by atoms with van der Waals surface area (Å²) in [7, 11) is 1.48. The first-order chi connectivity index (χ1) is 10.2. The van der Waals surface area contributed by atoms with E-state index >= 15 is 0 Å². The van der Waals surface area contributed by atoms with Crippen LogP contribution in [0.4, 0.5) is 0 Å². The summed E-state index contributed by atoms with van der Waals surface area (Å²) in [6.45, 7) is 0.437. The standard InChI is InChI=1S/C16H15ClN2O2/c1-21-19-11-12-5-7-14(8-6-12)16(20)18-10-13-3-2-4-15(17)9-13/h2-9,11H,10H2,1H3,(H,18,20)/b19-11+. The van der Waals surface area contributed by atoms with E-state index in [0.717, 1.165) is 11.1 Å². The van der Waals surface area contributed by atoms with Crippen LogP contribution in [0.25, 0.3) is 0 Å². The second-order valence-electron chi connectivity index (χ2n) is 4.35. The fourth-order valence-corrected chi connectivity index (χ4v) is 1.98. The van der Waals surface area contributed by atoms with Gasteiger partial charge in [-0.2, -0.15) is 0 Å². The predicted molar refractivity (Wildman–Crippen MR) is 83.7 cm³/mol. The quantitative estimate of drug-likeness (QED) is 0.681. The first-order valence-corrected chi connectivity index (χ1v) is 6.76. The molecular weight excluding hydrogens is 288 g/mol. The van der Waals surface area contributed by atoms with E-state index in [-0.39, 0.29) is 5.91 Å². The predicted octanol–water partition coefficient (Wildman–Crippen LogP) is 3.25. The number of rotatable bonds is 5. The van der Waals surface area contributed by atoms with E-state index in [0.29, 0.717) is 17.1 Å². The highest BCUT2D eigenvalue weighted by atomic mass is 35.5. The molecule has 1 amide bonds. The fraction of sp³-hybridized carbons (Fsp3) is 0.125. The molecule has 0 radical (unpaired) electrons. The highest BCUT2D eigenvalue weighted by Crippen LogP contribution is 2.10. The smallest absolute Gasteiger partial charge is 0.251 e. The van der Waals surface area contributed by atoms with E-state index < -0.39 is 0 Å². The molecule has 5 heteroatoms. The lowest BCUT2D eigenvalue weighted by Crippen LogP contribution is -2.22. The van der Waals surface area contributed by atoms with Gasteiger partial charge in [0.1, 0.15) is 7.11 Å². The van der Waals surface area contributed by atoms with Crippen molar-refractivity contribution in [2.24, 2.45) is 5.16 Å². The first kappa shape index (κ1) is 15.1. The van der Waals surface area contributed by atoms with Crippen LogP contribution in [-0.2, 0) is 11.4 Å². The van der Waals surface area contributed by atoms with Gasteiger partial charge in [0, 0.05) is 17.1 Å². The highest BCUT2D eigenvalue weighted by Gasteiger charge is 2.05. The van der Waals surface area contributed by atoms with Crippen LogP contribution in [0.1, 0.15) is 21.5 Å². The van der Waals surface area contributed by atoms with Crippen molar-refractivity contribution >= 4 is 23.7 Å². The SMILES string of the molecule is CO/N=C/c1ccc(C(=O)NCc2cccc(Cl)c2)cc1. The van der Waals surface area contributed by atoms with Crippen LogP contribution in [0.5, 0.6) is 0 Å². The number of hydrogen-bond acceptors (Lipinski definition) is 3. The lowest BCUT2D eigenvalue weighted by Gasteiger charge is -2.06. The molecule has 0 spiro atoms. The molecule has 0 atom stereocenters. The molecule has 108 valence electrons. The molecule has 4 nitrogen and oxygen atoms in total. The average Bonchev–Trinajstić information content (AvgIpc) is 2.51. The zero-order chi connectivity index (χ0) is 15.1. The number of halogens is 1. The van der Waals surface area contributed by atoms with Crippen LogP contribution in [0.3, 0.4) is 0 Å². The zero-order valence-corrected chi connectivity index (χ0v) is 12.3. The number of oxime groups is 1. The molecule has 0 saturated heterocycles. The molecule has 0 saturated carbocycles. The van der Waals surface area contributed by atoms with Gasteiger partial charge >= 0.3 is 0 Å². The molecular formula is C16H15ClN2O2. The number of nitrogens with zero attached hydrogens (tertiary/aromatic N) is 1. The van der Waals surface area contributed by atoms with Gasteiger partial charge in [0.2, 0.25) is 0 Å². The molecule has 0 heterocycles. The molecule has 0 fully saturated rings. The van der Waals surface area contributed by atoms with Crippen LogP contribution in [0.15, 0.2) is 53.7 Å². The van der Waals surface area contributed by atoms with Crippen LogP contribution in [0.2, 0.25) is 5.02 Å². The summed E-state index contributed by atoms with van der Waals surface area (Å²) in [5.41, 5.74) is 2.41. The first-order valence-electron chi connectivity index (χ1n) is 6.38. The zero-order valence-electron chi connectivity index (χ0n) is 11.5.